The van der Waals surface area contributed by atoms with E-state index in [9.17, 15) is 14.7 Å². The fourth-order valence-corrected chi connectivity index (χ4v) is 5.96. The van der Waals surface area contributed by atoms with Crippen molar-refractivity contribution in [3.8, 4) is 11.1 Å². The summed E-state index contributed by atoms with van der Waals surface area (Å²) >= 11 is 1.66. The lowest BCUT2D eigenvalue weighted by molar-refractivity contribution is -0.138. The van der Waals surface area contributed by atoms with E-state index in [-0.39, 0.29) is 12.5 Å². The van der Waals surface area contributed by atoms with Crippen molar-refractivity contribution in [2.75, 3.05) is 12.4 Å². The smallest absolute Gasteiger partial charge is 0.407 e. The standard InChI is InChI=1S/C25H29NO4S/c27-24(28)23(16-31-17-9-3-1-2-4-10-17)26-25(29)30-15-22-20-13-7-5-11-18(20)19-12-6-8-14-21(19)22/h5-8,11-14,17,22-23H,1-4,9-10,15-16H2,(H,26,29)(H,27,28). The normalized spacial score (nSPS) is 17.3. The van der Waals surface area contributed by atoms with Gasteiger partial charge in [0, 0.05) is 16.9 Å². The number of ether oxygens (including phenoxy) is 1. The van der Waals surface area contributed by atoms with Crippen molar-refractivity contribution in [1.82, 2.24) is 5.32 Å². The van der Waals surface area contributed by atoms with E-state index >= 15 is 0 Å². The number of fused-ring (bicyclic) bond motifs is 3. The zero-order chi connectivity index (χ0) is 21.6. The third-order valence-corrected chi connectivity index (χ3v) is 7.70. The minimum absolute atomic E-state index is 0.0400. The Bertz CT molecular complexity index is 878. The molecule has 0 aliphatic heterocycles. The van der Waals surface area contributed by atoms with Crippen LogP contribution in [0.15, 0.2) is 48.5 Å². The Labute approximate surface area is 187 Å². The van der Waals surface area contributed by atoms with Crippen LogP contribution in [-0.4, -0.2) is 40.8 Å². The average molecular weight is 440 g/mol. The van der Waals surface area contributed by atoms with Gasteiger partial charge < -0.3 is 15.2 Å². The number of alkyl carbamates (subject to hydrolysis) is 1. The third-order valence-electron chi connectivity index (χ3n) is 6.23. The molecular formula is C25H29NO4S. The molecule has 0 heterocycles. The van der Waals surface area contributed by atoms with Gasteiger partial charge in [0.15, 0.2) is 0 Å². The van der Waals surface area contributed by atoms with E-state index in [0.717, 1.165) is 35.1 Å². The van der Waals surface area contributed by atoms with Crippen LogP contribution in [0.5, 0.6) is 0 Å². The van der Waals surface area contributed by atoms with Gasteiger partial charge in [-0.25, -0.2) is 9.59 Å². The molecule has 0 spiro atoms. The van der Waals surface area contributed by atoms with E-state index in [0.29, 0.717) is 11.0 Å². The van der Waals surface area contributed by atoms with Crippen LogP contribution in [0.1, 0.15) is 55.6 Å². The van der Waals surface area contributed by atoms with Crippen molar-refractivity contribution in [2.45, 2.75) is 55.7 Å². The Morgan fingerprint density at radius 3 is 2.13 bits per heavy atom. The van der Waals surface area contributed by atoms with Crippen LogP contribution in [-0.2, 0) is 9.53 Å². The molecule has 2 N–H and O–H groups in total. The number of hydrogen-bond acceptors (Lipinski definition) is 4. The first-order chi connectivity index (χ1) is 15.1. The number of carbonyl (C=O) groups excluding carboxylic acids is 1. The fourth-order valence-electron chi connectivity index (χ4n) is 4.60. The van der Waals surface area contributed by atoms with Crippen molar-refractivity contribution >= 4 is 23.8 Å². The number of carboxylic acid groups (broad SMARTS) is 1. The molecule has 1 amide bonds. The quantitative estimate of drug-likeness (QED) is 0.562. The summed E-state index contributed by atoms with van der Waals surface area (Å²) in [7, 11) is 0. The van der Waals surface area contributed by atoms with Crippen molar-refractivity contribution in [3.05, 3.63) is 59.7 Å². The van der Waals surface area contributed by atoms with Gasteiger partial charge in [-0.15, -0.1) is 0 Å². The molecule has 0 radical (unpaired) electrons. The number of nitrogens with one attached hydrogen (secondary N) is 1. The topological polar surface area (TPSA) is 75.6 Å². The van der Waals surface area contributed by atoms with Gasteiger partial charge in [-0.2, -0.15) is 11.8 Å². The van der Waals surface area contributed by atoms with Crippen molar-refractivity contribution in [2.24, 2.45) is 0 Å². The predicted octanol–water partition coefficient (Wildman–Crippen LogP) is 5.43. The monoisotopic (exact) mass is 439 g/mol. The van der Waals surface area contributed by atoms with E-state index in [2.05, 4.69) is 29.6 Å². The lowest BCUT2D eigenvalue weighted by Crippen LogP contribution is -2.43. The minimum atomic E-state index is -1.02. The van der Waals surface area contributed by atoms with E-state index in [1.807, 2.05) is 24.3 Å². The van der Waals surface area contributed by atoms with Crippen LogP contribution in [0.3, 0.4) is 0 Å². The number of rotatable bonds is 7. The van der Waals surface area contributed by atoms with Crippen LogP contribution >= 0.6 is 11.8 Å². The molecular weight excluding hydrogens is 410 g/mol. The third kappa shape index (κ3) is 5.24. The van der Waals surface area contributed by atoms with Gasteiger partial charge in [0.05, 0.1) is 0 Å². The van der Waals surface area contributed by atoms with Gasteiger partial charge in [-0.1, -0.05) is 74.2 Å². The second kappa shape index (κ2) is 10.2. The number of thioether (sulfide) groups is 1. The summed E-state index contributed by atoms with van der Waals surface area (Å²) < 4.78 is 5.51. The van der Waals surface area contributed by atoms with Crippen LogP contribution in [0.4, 0.5) is 4.79 Å². The summed E-state index contributed by atoms with van der Waals surface area (Å²) in [5.74, 6) is -0.694. The highest BCUT2D eigenvalue weighted by molar-refractivity contribution is 7.99. The average Bonchev–Trinajstić information content (AvgIpc) is 2.91. The number of aliphatic carboxylic acids is 1. The van der Waals surface area contributed by atoms with Crippen LogP contribution in [0.2, 0.25) is 0 Å². The van der Waals surface area contributed by atoms with E-state index in [1.165, 1.54) is 25.7 Å². The number of benzene rings is 2. The molecule has 2 aromatic rings. The summed E-state index contributed by atoms with van der Waals surface area (Å²) in [6.07, 6.45) is 6.51. The molecule has 31 heavy (non-hydrogen) atoms. The van der Waals surface area contributed by atoms with Gasteiger partial charge in [0.2, 0.25) is 0 Å². The molecule has 1 atom stereocenters. The molecule has 2 aliphatic rings. The highest BCUT2D eigenvalue weighted by Crippen LogP contribution is 2.44. The SMILES string of the molecule is O=C(NC(CSC1CCCCCC1)C(=O)O)OCC1c2ccccc2-c2ccccc21. The zero-order valence-corrected chi connectivity index (χ0v) is 18.4. The van der Waals surface area contributed by atoms with Gasteiger partial charge in [0.25, 0.3) is 0 Å². The number of carbonyl (C=O) groups is 2. The Hall–Kier alpha value is -2.47. The van der Waals surface area contributed by atoms with Crippen LogP contribution < -0.4 is 5.32 Å². The number of amides is 1. The zero-order valence-electron chi connectivity index (χ0n) is 17.6. The number of hydrogen-bond donors (Lipinski definition) is 2. The molecule has 1 fully saturated rings. The lowest BCUT2D eigenvalue weighted by Gasteiger charge is -2.19. The first-order valence-electron chi connectivity index (χ1n) is 11.1. The fraction of sp³-hybridized carbons (Fsp3) is 0.440. The largest absolute Gasteiger partial charge is 0.480 e. The minimum Gasteiger partial charge on any atom is -0.480 e. The van der Waals surface area contributed by atoms with Crippen molar-refractivity contribution in [1.29, 1.82) is 0 Å². The van der Waals surface area contributed by atoms with Crippen molar-refractivity contribution in [3.63, 3.8) is 0 Å². The van der Waals surface area contributed by atoms with E-state index < -0.39 is 18.1 Å². The highest BCUT2D eigenvalue weighted by atomic mass is 32.2. The van der Waals surface area contributed by atoms with Gasteiger partial charge in [0.1, 0.15) is 12.6 Å². The molecule has 0 aromatic heterocycles. The predicted molar refractivity (Wildman–Crippen MR) is 124 cm³/mol. The summed E-state index contributed by atoms with van der Waals surface area (Å²) in [6, 6.07) is 15.3. The summed E-state index contributed by atoms with van der Waals surface area (Å²) in [5.41, 5.74) is 4.59. The Kier molecular flexibility index (Phi) is 7.17. The molecule has 6 heteroatoms. The molecule has 1 saturated carbocycles. The summed E-state index contributed by atoms with van der Waals surface area (Å²) in [6.45, 7) is 0.183. The molecule has 0 bridgehead atoms. The van der Waals surface area contributed by atoms with Gasteiger partial charge in [-0.05, 0) is 35.1 Å². The first-order valence-corrected chi connectivity index (χ1v) is 12.1. The van der Waals surface area contributed by atoms with E-state index in [4.69, 9.17) is 4.74 Å². The molecule has 2 aliphatic carbocycles. The highest BCUT2D eigenvalue weighted by Gasteiger charge is 2.30. The summed E-state index contributed by atoms with van der Waals surface area (Å²) in [4.78, 5) is 24.1. The van der Waals surface area contributed by atoms with Gasteiger partial charge in [-0.3, -0.25) is 0 Å². The second-order valence-electron chi connectivity index (χ2n) is 8.31. The lowest BCUT2D eigenvalue weighted by atomic mass is 9.98. The molecule has 4 rings (SSSR count). The molecule has 1 unspecified atom stereocenters. The van der Waals surface area contributed by atoms with Gasteiger partial charge >= 0.3 is 12.1 Å². The maximum atomic E-state index is 12.4. The molecule has 164 valence electrons. The van der Waals surface area contributed by atoms with Crippen molar-refractivity contribution < 1.29 is 19.4 Å². The first kappa shape index (κ1) is 21.8. The Balaban J connectivity index is 1.34. The maximum Gasteiger partial charge on any atom is 0.407 e. The second-order valence-corrected chi connectivity index (χ2v) is 9.64. The Morgan fingerprint density at radius 2 is 1.55 bits per heavy atom. The summed E-state index contributed by atoms with van der Waals surface area (Å²) in [5, 5.41) is 12.6. The van der Waals surface area contributed by atoms with Crippen LogP contribution in [0.25, 0.3) is 11.1 Å². The van der Waals surface area contributed by atoms with E-state index in [1.54, 1.807) is 11.8 Å². The number of carboxylic acids is 1. The Morgan fingerprint density at radius 1 is 0.968 bits per heavy atom. The van der Waals surface area contributed by atoms with Crippen LogP contribution in [0, 0.1) is 0 Å². The molecule has 5 nitrogen and oxygen atoms in total. The molecule has 0 saturated heterocycles. The maximum absolute atomic E-state index is 12.4. The molecule has 2 aromatic carbocycles.